The summed E-state index contributed by atoms with van der Waals surface area (Å²) in [6.45, 7) is 3.67. The number of aromatic nitrogens is 2. The van der Waals surface area contributed by atoms with E-state index in [2.05, 4.69) is 0 Å². The molecule has 0 saturated carbocycles. The zero-order valence-corrected chi connectivity index (χ0v) is 17.4. The highest BCUT2D eigenvalue weighted by Gasteiger charge is 2.13. The minimum Gasteiger partial charge on any atom is -0.492 e. The summed E-state index contributed by atoms with van der Waals surface area (Å²) in [5.41, 5.74) is 1.94. The molecule has 2 aromatic heterocycles. The van der Waals surface area contributed by atoms with Crippen molar-refractivity contribution in [1.29, 1.82) is 0 Å². The van der Waals surface area contributed by atoms with Crippen LogP contribution in [0.25, 0.3) is 21.3 Å². The number of fused-ring (bicyclic) bond motifs is 1. The first-order chi connectivity index (χ1) is 14.1. The van der Waals surface area contributed by atoms with Gasteiger partial charge in [-0.1, -0.05) is 36.4 Å². The fourth-order valence-corrected chi connectivity index (χ4v) is 3.97. The minimum atomic E-state index is -0.0765. The molecular formula is C23H23N3O2S. The van der Waals surface area contributed by atoms with Crippen LogP contribution in [0.3, 0.4) is 0 Å². The predicted molar refractivity (Wildman–Crippen MR) is 119 cm³/mol. The van der Waals surface area contributed by atoms with Gasteiger partial charge >= 0.3 is 0 Å². The Kier molecular flexibility index (Phi) is 5.74. The average Bonchev–Trinajstić information content (AvgIpc) is 3.25. The summed E-state index contributed by atoms with van der Waals surface area (Å²) in [6, 6.07) is 19.7. The second kappa shape index (κ2) is 8.59. The average molecular weight is 406 g/mol. The molecule has 0 aliphatic heterocycles. The van der Waals surface area contributed by atoms with Crippen molar-refractivity contribution in [3.05, 3.63) is 82.0 Å². The lowest BCUT2D eigenvalue weighted by atomic mass is 10.1. The standard InChI is InChI=1S/C23H23N3O2S/c1-17-7-5-8-18(15-17)28-13-12-25(2)16-26-23(27)20-10-4-3-9-19(20)22(24-26)21-11-6-14-29-21/h3-11,14-15H,12-13,16H2,1-2H3. The fourth-order valence-electron chi connectivity index (χ4n) is 3.25. The molecule has 4 aromatic rings. The van der Waals surface area contributed by atoms with Crippen molar-refractivity contribution in [3.63, 3.8) is 0 Å². The molecule has 0 radical (unpaired) electrons. The van der Waals surface area contributed by atoms with Crippen LogP contribution in [0.4, 0.5) is 0 Å². The molecule has 148 valence electrons. The third-order valence-corrected chi connectivity index (χ3v) is 5.61. The van der Waals surface area contributed by atoms with Gasteiger partial charge in [0, 0.05) is 11.9 Å². The summed E-state index contributed by atoms with van der Waals surface area (Å²) < 4.78 is 7.38. The van der Waals surface area contributed by atoms with E-state index in [1.165, 1.54) is 5.56 Å². The molecule has 0 aliphatic rings. The van der Waals surface area contributed by atoms with E-state index in [1.807, 2.05) is 84.9 Å². The van der Waals surface area contributed by atoms with E-state index in [4.69, 9.17) is 9.84 Å². The van der Waals surface area contributed by atoms with Gasteiger partial charge in [-0.15, -0.1) is 11.3 Å². The molecule has 0 atom stereocenters. The largest absolute Gasteiger partial charge is 0.492 e. The Balaban J connectivity index is 1.53. The van der Waals surface area contributed by atoms with Gasteiger partial charge in [-0.2, -0.15) is 5.10 Å². The summed E-state index contributed by atoms with van der Waals surface area (Å²) in [7, 11) is 1.97. The lowest BCUT2D eigenvalue weighted by Gasteiger charge is -2.19. The van der Waals surface area contributed by atoms with Crippen molar-refractivity contribution in [3.8, 4) is 16.3 Å². The monoisotopic (exact) mass is 405 g/mol. The number of rotatable bonds is 7. The van der Waals surface area contributed by atoms with E-state index in [-0.39, 0.29) is 5.56 Å². The normalized spacial score (nSPS) is 11.3. The molecule has 0 fully saturated rings. The van der Waals surface area contributed by atoms with Crippen LogP contribution >= 0.6 is 11.3 Å². The number of thiophene rings is 1. The SMILES string of the molecule is Cc1cccc(OCCN(C)Cn2nc(-c3cccs3)c3ccccc3c2=O)c1. The van der Waals surface area contributed by atoms with Crippen LogP contribution in [0.2, 0.25) is 0 Å². The molecule has 2 aromatic carbocycles. The van der Waals surface area contributed by atoms with Gasteiger partial charge in [0.05, 0.1) is 16.9 Å². The zero-order valence-electron chi connectivity index (χ0n) is 16.5. The Hall–Kier alpha value is -2.96. The maximum Gasteiger partial charge on any atom is 0.275 e. The van der Waals surface area contributed by atoms with E-state index in [9.17, 15) is 4.79 Å². The lowest BCUT2D eigenvalue weighted by molar-refractivity contribution is 0.196. The molecule has 0 amide bonds. The highest BCUT2D eigenvalue weighted by Crippen LogP contribution is 2.28. The summed E-state index contributed by atoms with van der Waals surface area (Å²) in [5, 5.41) is 8.30. The molecule has 0 unspecified atom stereocenters. The van der Waals surface area contributed by atoms with Crippen molar-refractivity contribution in [2.45, 2.75) is 13.6 Å². The van der Waals surface area contributed by atoms with Crippen molar-refractivity contribution >= 4 is 22.1 Å². The summed E-state index contributed by atoms with van der Waals surface area (Å²) in [5.74, 6) is 0.861. The molecule has 2 heterocycles. The van der Waals surface area contributed by atoms with Gasteiger partial charge in [-0.05, 0) is 49.2 Å². The molecule has 0 aliphatic carbocycles. The Morgan fingerprint density at radius 2 is 1.90 bits per heavy atom. The van der Waals surface area contributed by atoms with Gasteiger partial charge in [0.2, 0.25) is 0 Å². The molecule has 5 nitrogen and oxygen atoms in total. The fraction of sp³-hybridized carbons (Fsp3) is 0.217. The molecule has 0 bridgehead atoms. The van der Waals surface area contributed by atoms with Gasteiger partial charge in [0.25, 0.3) is 5.56 Å². The third-order valence-electron chi connectivity index (χ3n) is 4.73. The molecule has 0 spiro atoms. The summed E-state index contributed by atoms with van der Waals surface area (Å²) in [4.78, 5) is 16.1. The molecule has 0 saturated heterocycles. The zero-order chi connectivity index (χ0) is 20.2. The van der Waals surface area contributed by atoms with E-state index < -0.39 is 0 Å². The van der Waals surface area contributed by atoms with Crippen molar-refractivity contribution < 1.29 is 4.74 Å². The number of aryl methyl sites for hydroxylation is 1. The molecule has 29 heavy (non-hydrogen) atoms. The maximum absolute atomic E-state index is 13.0. The van der Waals surface area contributed by atoms with E-state index >= 15 is 0 Å². The molecule has 4 rings (SSSR count). The second-order valence-electron chi connectivity index (χ2n) is 7.06. The number of nitrogens with zero attached hydrogens (tertiary/aromatic N) is 3. The Bertz CT molecular complexity index is 1170. The number of hydrogen-bond donors (Lipinski definition) is 0. The van der Waals surface area contributed by atoms with Gasteiger partial charge in [-0.25, -0.2) is 4.68 Å². The van der Waals surface area contributed by atoms with Crippen LogP contribution in [0, 0.1) is 6.92 Å². The number of benzene rings is 2. The van der Waals surface area contributed by atoms with Crippen LogP contribution in [0.5, 0.6) is 5.75 Å². The van der Waals surface area contributed by atoms with E-state index in [0.29, 0.717) is 25.2 Å². The third kappa shape index (κ3) is 4.39. The smallest absolute Gasteiger partial charge is 0.275 e. The van der Waals surface area contributed by atoms with Crippen LogP contribution in [-0.2, 0) is 6.67 Å². The maximum atomic E-state index is 13.0. The number of hydrogen-bond acceptors (Lipinski definition) is 5. The van der Waals surface area contributed by atoms with Crippen LogP contribution in [0.1, 0.15) is 5.56 Å². The van der Waals surface area contributed by atoms with Crippen LogP contribution in [-0.4, -0.2) is 34.9 Å². The van der Waals surface area contributed by atoms with Gasteiger partial charge in [0.15, 0.2) is 0 Å². The first kappa shape index (κ1) is 19.4. The van der Waals surface area contributed by atoms with E-state index in [0.717, 1.165) is 21.7 Å². The van der Waals surface area contributed by atoms with Crippen molar-refractivity contribution in [2.75, 3.05) is 20.2 Å². The first-order valence-corrected chi connectivity index (χ1v) is 10.4. The number of ether oxygens (including phenoxy) is 1. The Labute approximate surface area is 173 Å². The lowest BCUT2D eigenvalue weighted by Crippen LogP contribution is -2.34. The molecular weight excluding hydrogens is 382 g/mol. The van der Waals surface area contributed by atoms with E-state index in [1.54, 1.807) is 16.0 Å². The highest BCUT2D eigenvalue weighted by atomic mass is 32.1. The van der Waals surface area contributed by atoms with Crippen LogP contribution < -0.4 is 10.3 Å². The Morgan fingerprint density at radius 3 is 2.66 bits per heavy atom. The second-order valence-corrected chi connectivity index (χ2v) is 8.01. The highest BCUT2D eigenvalue weighted by molar-refractivity contribution is 7.13. The molecule has 0 N–H and O–H groups in total. The quantitative estimate of drug-likeness (QED) is 0.457. The van der Waals surface area contributed by atoms with Crippen molar-refractivity contribution in [2.24, 2.45) is 0 Å². The molecule has 6 heteroatoms. The van der Waals surface area contributed by atoms with Gasteiger partial charge in [0.1, 0.15) is 18.1 Å². The van der Waals surface area contributed by atoms with Gasteiger partial charge in [-0.3, -0.25) is 9.69 Å². The number of likely N-dealkylation sites (N-methyl/N-ethyl adjacent to an activating group) is 1. The van der Waals surface area contributed by atoms with Crippen molar-refractivity contribution in [1.82, 2.24) is 14.7 Å². The van der Waals surface area contributed by atoms with Crippen LogP contribution in [0.15, 0.2) is 70.8 Å². The first-order valence-electron chi connectivity index (χ1n) is 9.53. The summed E-state index contributed by atoms with van der Waals surface area (Å²) in [6.07, 6.45) is 0. The minimum absolute atomic E-state index is 0.0765. The predicted octanol–water partition coefficient (Wildman–Crippen LogP) is 4.40. The topological polar surface area (TPSA) is 47.4 Å². The summed E-state index contributed by atoms with van der Waals surface area (Å²) >= 11 is 1.63. The Morgan fingerprint density at radius 1 is 1.07 bits per heavy atom. The van der Waals surface area contributed by atoms with Gasteiger partial charge < -0.3 is 4.74 Å².